The highest BCUT2D eigenvalue weighted by molar-refractivity contribution is 6.07. The normalized spacial score (nSPS) is 11.6. The first-order valence-electron chi connectivity index (χ1n) is 24.2. The molecule has 6 nitrogen and oxygen atoms in total. The van der Waals surface area contributed by atoms with Gasteiger partial charge in [0, 0.05) is 62.9 Å². The van der Waals surface area contributed by atoms with Crippen molar-refractivity contribution in [3.63, 3.8) is 0 Å². The third kappa shape index (κ3) is 7.20. The van der Waals surface area contributed by atoms with Crippen molar-refractivity contribution in [1.29, 1.82) is 0 Å². The number of anilines is 6. The number of benzene rings is 10. The number of rotatable bonds is 9. The zero-order valence-electron chi connectivity index (χ0n) is 38.9. The zero-order chi connectivity index (χ0) is 47.5. The minimum atomic E-state index is 0.747. The smallest absolute Gasteiger partial charge is 0.155 e. The molecule has 0 N–H and O–H groups in total. The fourth-order valence-electron chi connectivity index (χ4n) is 10.4. The number of furan rings is 2. The van der Waals surface area contributed by atoms with Gasteiger partial charge in [0.1, 0.15) is 16.7 Å². The lowest BCUT2D eigenvalue weighted by molar-refractivity contribution is 0.667. The molecule has 0 aliphatic carbocycles. The molecule has 14 rings (SSSR count). The van der Waals surface area contributed by atoms with Crippen LogP contribution in [-0.2, 0) is 0 Å². The monoisotopic (exact) mass is 922 g/mol. The lowest BCUT2D eigenvalue weighted by Crippen LogP contribution is -2.10. The molecule has 0 aliphatic heterocycles. The molecule has 0 bridgehead atoms. The summed E-state index contributed by atoms with van der Waals surface area (Å²) in [6.07, 6.45) is 5.55. The SMILES string of the molecule is c1ccc(-c2ccc(N(c3ccc4ccc(-c5cccc6cc(N(c7ccc(-c8ccccc8)cc7)c7cnc8c(c7)oc7ccccc78)ccc56)cc4c3)c3ccc4c(c3)oc3cnccc34)cc2)cc1. The van der Waals surface area contributed by atoms with Crippen molar-refractivity contribution >= 4 is 99.7 Å². The molecule has 4 heterocycles. The molecule has 0 radical (unpaired) electrons. The molecule has 10 aromatic carbocycles. The molecule has 0 atom stereocenters. The van der Waals surface area contributed by atoms with E-state index in [1.54, 1.807) is 6.20 Å². The molecule has 72 heavy (non-hydrogen) atoms. The Kier molecular flexibility index (Phi) is 9.74. The maximum atomic E-state index is 6.37. The van der Waals surface area contributed by atoms with Crippen molar-refractivity contribution in [3.05, 3.63) is 255 Å². The van der Waals surface area contributed by atoms with Gasteiger partial charge in [-0.05, 0) is 140 Å². The summed E-state index contributed by atoms with van der Waals surface area (Å²) in [5.74, 6) is 0. The molecule has 0 unspecified atom stereocenters. The van der Waals surface area contributed by atoms with Crippen LogP contribution in [0.5, 0.6) is 0 Å². The van der Waals surface area contributed by atoms with Crippen LogP contribution in [0.25, 0.3) is 98.9 Å². The first-order chi connectivity index (χ1) is 35.6. The van der Waals surface area contributed by atoms with E-state index >= 15 is 0 Å². The van der Waals surface area contributed by atoms with Gasteiger partial charge in [0.05, 0.1) is 18.1 Å². The molecule has 4 aromatic heterocycles. The summed E-state index contributed by atoms with van der Waals surface area (Å²) < 4.78 is 12.7. The van der Waals surface area contributed by atoms with E-state index in [2.05, 4.69) is 221 Å². The Bertz CT molecular complexity index is 4330. The number of nitrogens with zero attached hydrogens (tertiary/aromatic N) is 4. The van der Waals surface area contributed by atoms with E-state index in [0.717, 1.165) is 122 Å². The van der Waals surface area contributed by atoms with Crippen LogP contribution >= 0.6 is 0 Å². The summed E-state index contributed by atoms with van der Waals surface area (Å²) >= 11 is 0. The van der Waals surface area contributed by atoms with Gasteiger partial charge < -0.3 is 18.6 Å². The van der Waals surface area contributed by atoms with Crippen LogP contribution in [0.15, 0.2) is 264 Å². The van der Waals surface area contributed by atoms with Gasteiger partial charge >= 0.3 is 0 Å². The molecule has 0 saturated heterocycles. The second-order valence-corrected chi connectivity index (χ2v) is 18.2. The summed E-state index contributed by atoms with van der Waals surface area (Å²) in [4.78, 5) is 13.9. The number of fused-ring (bicyclic) bond motifs is 8. The highest BCUT2D eigenvalue weighted by atomic mass is 16.3. The Balaban J connectivity index is 0.857. The summed E-state index contributed by atoms with van der Waals surface area (Å²) in [7, 11) is 0. The summed E-state index contributed by atoms with van der Waals surface area (Å²) in [6.45, 7) is 0. The van der Waals surface area contributed by atoms with Gasteiger partial charge in [0.2, 0.25) is 0 Å². The van der Waals surface area contributed by atoms with E-state index in [9.17, 15) is 0 Å². The van der Waals surface area contributed by atoms with Crippen molar-refractivity contribution in [2.24, 2.45) is 0 Å². The molecule has 0 spiro atoms. The van der Waals surface area contributed by atoms with Gasteiger partial charge in [-0.1, -0.05) is 140 Å². The number of hydrogen-bond acceptors (Lipinski definition) is 6. The lowest BCUT2D eigenvalue weighted by Gasteiger charge is -2.26. The zero-order valence-corrected chi connectivity index (χ0v) is 38.9. The summed E-state index contributed by atoms with van der Waals surface area (Å²) in [5.41, 5.74) is 17.0. The van der Waals surface area contributed by atoms with E-state index in [-0.39, 0.29) is 0 Å². The first kappa shape index (κ1) is 41.2. The van der Waals surface area contributed by atoms with Crippen LogP contribution in [0.1, 0.15) is 0 Å². The molecule has 0 saturated carbocycles. The molecule has 0 aliphatic rings. The van der Waals surface area contributed by atoms with Gasteiger partial charge in [0.15, 0.2) is 11.2 Å². The van der Waals surface area contributed by atoms with Crippen LogP contribution in [0, 0.1) is 0 Å². The fourth-order valence-corrected chi connectivity index (χ4v) is 10.4. The fraction of sp³-hybridized carbons (Fsp3) is 0. The molecular formula is C66H42N4O2. The van der Waals surface area contributed by atoms with Crippen LogP contribution in [0.4, 0.5) is 34.1 Å². The molecular weight excluding hydrogens is 881 g/mol. The van der Waals surface area contributed by atoms with Crippen molar-refractivity contribution in [2.75, 3.05) is 9.80 Å². The minimum absolute atomic E-state index is 0.747. The highest BCUT2D eigenvalue weighted by Crippen LogP contribution is 2.43. The lowest BCUT2D eigenvalue weighted by atomic mass is 9.95. The minimum Gasteiger partial charge on any atom is -0.454 e. The average Bonchev–Trinajstić information content (AvgIpc) is 4.01. The average molecular weight is 923 g/mol. The molecule has 0 amide bonds. The van der Waals surface area contributed by atoms with Crippen LogP contribution in [0.2, 0.25) is 0 Å². The van der Waals surface area contributed by atoms with Crippen molar-refractivity contribution in [1.82, 2.24) is 9.97 Å². The van der Waals surface area contributed by atoms with E-state index in [1.165, 1.54) is 11.1 Å². The summed E-state index contributed by atoms with van der Waals surface area (Å²) in [6, 6.07) is 84.1. The molecule has 338 valence electrons. The number of para-hydroxylation sites is 1. The Morgan fingerprint density at radius 3 is 1.60 bits per heavy atom. The Labute approximate surface area is 414 Å². The van der Waals surface area contributed by atoms with Gasteiger partial charge in [-0.25, -0.2) is 4.98 Å². The predicted molar refractivity (Wildman–Crippen MR) is 297 cm³/mol. The largest absolute Gasteiger partial charge is 0.454 e. The van der Waals surface area contributed by atoms with Gasteiger partial charge in [-0.15, -0.1) is 0 Å². The summed E-state index contributed by atoms with van der Waals surface area (Å²) in [5, 5.41) is 7.71. The van der Waals surface area contributed by atoms with Crippen molar-refractivity contribution < 1.29 is 8.83 Å². The van der Waals surface area contributed by atoms with Crippen LogP contribution in [-0.4, -0.2) is 9.97 Å². The Hall–Kier alpha value is -9.78. The molecule has 14 aromatic rings. The molecule has 6 heteroatoms. The Morgan fingerprint density at radius 1 is 0.292 bits per heavy atom. The second kappa shape index (κ2) is 17.0. The van der Waals surface area contributed by atoms with E-state index in [0.29, 0.717) is 0 Å². The van der Waals surface area contributed by atoms with E-state index in [1.807, 2.05) is 42.7 Å². The van der Waals surface area contributed by atoms with Gasteiger partial charge in [-0.3, -0.25) is 4.98 Å². The Morgan fingerprint density at radius 2 is 0.847 bits per heavy atom. The third-order valence-electron chi connectivity index (χ3n) is 14.0. The number of aromatic nitrogens is 2. The van der Waals surface area contributed by atoms with Gasteiger partial charge in [0.25, 0.3) is 0 Å². The maximum Gasteiger partial charge on any atom is 0.155 e. The van der Waals surface area contributed by atoms with Crippen molar-refractivity contribution in [3.8, 4) is 33.4 Å². The van der Waals surface area contributed by atoms with Gasteiger partial charge in [-0.2, -0.15) is 0 Å². The van der Waals surface area contributed by atoms with Crippen molar-refractivity contribution in [2.45, 2.75) is 0 Å². The van der Waals surface area contributed by atoms with Crippen LogP contribution < -0.4 is 9.80 Å². The first-order valence-corrected chi connectivity index (χ1v) is 24.2. The van der Waals surface area contributed by atoms with Crippen LogP contribution in [0.3, 0.4) is 0 Å². The molecule has 0 fully saturated rings. The maximum absolute atomic E-state index is 6.37. The number of pyridine rings is 2. The topological polar surface area (TPSA) is 58.5 Å². The standard InChI is InChI=1S/C66H42N4O2/c1-3-10-43(11-4-1)45-20-25-51(26-21-45)69(55-31-33-59-60-34-35-67-42-65(60)72-63(59)39-55)53-29-24-47-18-19-49(36-50(47)38-53)57-16-9-14-48-37-54(30-32-58(48)57)70(52-27-22-46(23-28-52)44-12-5-2-6-13-44)56-40-64-66(68-41-56)61-15-7-8-17-62(61)71-64/h1-42H. The van der Waals surface area contributed by atoms with E-state index < -0.39 is 0 Å². The predicted octanol–water partition coefficient (Wildman–Crippen LogP) is 18.5. The van der Waals surface area contributed by atoms with E-state index in [4.69, 9.17) is 13.8 Å². The highest BCUT2D eigenvalue weighted by Gasteiger charge is 2.20. The second-order valence-electron chi connectivity index (χ2n) is 18.2. The quantitative estimate of drug-likeness (QED) is 0.144. The third-order valence-corrected chi connectivity index (χ3v) is 14.0. The number of hydrogen-bond donors (Lipinski definition) is 0.